The molecule has 0 radical (unpaired) electrons. The number of hydrogen-bond acceptors (Lipinski definition) is 3. The van der Waals surface area contributed by atoms with E-state index in [4.69, 9.17) is 5.73 Å². The zero-order chi connectivity index (χ0) is 11.3. The van der Waals surface area contributed by atoms with Crippen molar-refractivity contribution in [2.45, 2.75) is 39.2 Å². The van der Waals surface area contributed by atoms with Crippen molar-refractivity contribution in [2.24, 2.45) is 5.73 Å². The maximum Gasteiger partial charge on any atom is 0.0154 e. The summed E-state index contributed by atoms with van der Waals surface area (Å²) in [5.41, 5.74) is 5.95. The molecule has 0 aromatic heterocycles. The predicted molar refractivity (Wildman–Crippen MR) is 66.1 cm³/mol. The van der Waals surface area contributed by atoms with Crippen molar-refractivity contribution in [1.82, 2.24) is 9.80 Å². The van der Waals surface area contributed by atoms with E-state index in [0.717, 1.165) is 13.1 Å². The van der Waals surface area contributed by atoms with Gasteiger partial charge in [0.1, 0.15) is 0 Å². The van der Waals surface area contributed by atoms with Crippen molar-refractivity contribution in [3.8, 4) is 0 Å². The summed E-state index contributed by atoms with van der Waals surface area (Å²) in [6, 6.07) is 0. The third kappa shape index (κ3) is 3.74. The van der Waals surface area contributed by atoms with Gasteiger partial charge in [-0.1, -0.05) is 13.3 Å². The summed E-state index contributed by atoms with van der Waals surface area (Å²) >= 11 is 0. The summed E-state index contributed by atoms with van der Waals surface area (Å²) in [7, 11) is 0. The van der Waals surface area contributed by atoms with Gasteiger partial charge in [0, 0.05) is 44.8 Å². The van der Waals surface area contributed by atoms with E-state index in [1.165, 1.54) is 39.0 Å². The zero-order valence-corrected chi connectivity index (χ0v) is 10.6. The molecule has 0 spiro atoms. The molecule has 1 aliphatic heterocycles. The molecule has 0 aromatic rings. The Labute approximate surface area is 94.6 Å². The van der Waals surface area contributed by atoms with Crippen molar-refractivity contribution in [3.05, 3.63) is 0 Å². The van der Waals surface area contributed by atoms with E-state index in [-0.39, 0.29) is 0 Å². The second-order valence-electron chi connectivity index (χ2n) is 5.18. The monoisotopic (exact) mass is 213 g/mol. The minimum absolute atomic E-state index is 0.379. The first-order valence-corrected chi connectivity index (χ1v) is 6.27. The van der Waals surface area contributed by atoms with E-state index >= 15 is 0 Å². The molecule has 0 atom stereocenters. The maximum atomic E-state index is 5.57. The molecule has 1 fully saturated rings. The third-order valence-corrected chi connectivity index (χ3v) is 3.54. The Morgan fingerprint density at radius 3 is 2.20 bits per heavy atom. The lowest BCUT2D eigenvalue weighted by atomic mass is 9.95. The molecule has 1 rings (SSSR count). The molecule has 1 saturated heterocycles. The van der Waals surface area contributed by atoms with Crippen LogP contribution in [0.2, 0.25) is 0 Å². The number of hydrogen-bond donors (Lipinski definition) is 1. The van der Waals surface area contributed by atoms with E-state index < -0.39 is 0 Å². The molecule has 1 aliphatic rings. The first kappa shape index (κ1) is 12.9. The topological polar surface area (TPSA) is 32.5 Å². The van der Waals surface area contributed by atoms with Crippen molar-refractivity contribution in [3.63, 3.8) is 0 Å². The average Bonchev–Trinajstić information content (AvgIpc) is 2.19. The largest absolute Gasteiger partial charge is 0.329 e. The predicted octanol–water partition coefficient (Wildman–Crippen LogP) is 1.14. The summed E-state index contributed by atoms with van der Waals surface area (Å²) < 4.78 is 0. The number of nitrogens with two attached hydrogens (primary N) is 1. The molecule has 2 N–H and O–H groups in total. The molecule has 1 heterocycles. The van der Waals surface area contributed by atoms with Crippen molar-refractivity contribution in [1.29, 1.82) is 0 Å². The second kappa shape index (κ2) is 5.83. The molecule has 0 amide bonds. The van der Waals surface area contributed by atoms with Gasteiger partial charge in [0.15, 0.2) is 0 Å². The highest BCUT2D eigenvalue weighted by molar-refractivity contribution is 4.85. The number of nitrogens with zero attached hydrogens (tertiary/aromatic N) is 2. The Balaban J connectivity index is 2.36. The fourth-order valence-electron chi connectivity index (χ4n) is 2.53. The highest BCUT2D eigenvalue weighted by Crippen LogP contribution is 2.21. The molecule has 90 valence electrons. The lowest BCUT2D eigenvalue weighted by Gasteiger charge is -2.44. The van der Waals surface area contributed by atoms with Crippen LogP contribution in [-0.2, 0) is 0 Å². The highest BCUT2D eigenvalue weighted by Gasteiger charge is 2.28. The van der Waals surface area contributed by atoms with Gasteiger partial charge in [0.05, 0.1) is 0 Å². The lowest BCUT2D eigenvalue weighted by molar-refractivity contribution is 0.0481. The molecular weight excluding hydrogens is 186 g/mol. The summed E-state index contributed by atoms with van der Waals surface area (Å²) in [5, 5.41) is 0. The normalized spacial score (nSPS) is 20.8. The first-order chi connectivity index (χ1) is 7.10. The molecule has 3 nitrogen and oxygen atoms in total. The Morgan fingerprint density at radius 2 is 1.73 bits per heavy atom. The average molecular weight is 213 g/mol. The Kier molecular flexibility index (Phi) is 5.03. The minimum atomic E-state index is 0.379. The van der Waals surface area contributed by atoms with Crippen LogP contribution in [0.3, 0.4) is 0 Å². The number of piperazine rings is 1. The van der Waals surface area contributed by atoms with Crippen LogP contribution in [0.15, 0.2) is 0 Å². The molecule has 0 aliphatic carbocycles. The van der Waals surface area contributed by atoms with Crippen LogP contribution in [0.4, 0.5) is 0 Å². The lowest BCUT2D eigenvalue weighted by Crippen LogP contribution is -2.55. The molecule has 0 aromatic carbocycles. The van der Waals surface area contributed by atoms with E-state index in [1.807, 2.05) is 0 Å². The van der Waals surface area contributed by atoms with Crippen LogP contribution in [-0.4, -0.2) is 54.6 Å². The summed E-state index contributed by atoms with van der Waals surface area (Å²) in [4.78, 5) is 5.10. The van der Waals surface area contributed by atoms with Crippen LogP contribution in [0.5, 0.6) is 0 Å². The van der Waals surface area contributed by atoms with Crippen LogP contribution >= 0.6 is 0 Å². The van der Waals surface area contributed by atoms with Gasteiger partial charge in [0.2, 0.25) is 0 Å². The minimum Gasteiger partial charge on any atom is -0.329 e. The molecule has 3 heteroatoms. The number of rotatable bonds is 5. The zero-order valence-electron chi connectivity index (χ0n) is 10.6. The van der Waals surface area contributed by atoms with Crippen LogP contribution in [0.1, 0.15) is 33.6 Å². The second-order valence-corrected chi connectivity index (χ2v) is 5.18. The quantitative estimate of drug-likeness (QED) is 0.743. The summed E-state index contributed by atoms with van der Waals surface area (Å²) in [5.74, 6) is 0. The van der Waals surface area contributed by atoms with E-state index in [1.54, 1.807) is 0 Å². The fourth-order valence-corrected chi connectivity index (χ4v) is 2.53. The van der Waals surface area contributed by atoms with Gasteiger partial charge >= 0.3 is 0 Å². The molecule has 0 bridgehead atoms. The van der Waals surface area contributed by atoms with E-state index in [9.17, 15) is 0 Å². The van der Waals surface area contributed by atoms with Gasteiger partial charge in [-0.2, -0.15) is 0 Å². The van der Waals surface area contributed by atoms with Gasteiger partial charge in [0.25, 0.3) is 0 Å². The summed E-state index contributed by atoms with van der Waals surface area (Å²) in [6.07, 6.45) is 2.57. The SMILES string of the molecule is CCCC(C)(C)N1CCN(CCN)CC1. The third-order valence-electron chi connectivity index (χ3n) is 3.54. The highest BCUT2D eigenvalue weighted by atomic mass is 15.3. The molecule has 0 saturated carbocycles. The van der Waals surface area contributed by atoms with Gasteiger partial charge in [-0.05, 0) is 20.3 Å². The van der Waals surface area contributed by atoms with E-state index in [2.05, 4.69) is 30.6 Å². The Morgan fingerprint density at radius 1 is 1.13 bits per heavy atom. The molecule has 15 heavy (non-hydrogen) atoms. The van der Waals surface area contributed by atoms with Crippen molar-refractivity contribution in [2.75, 3.05) is 39.3 Å². The first-order valence-electron chi connectivity index (χ1n) is 6.27. The Hall–Kier alpha value is -0.120. The van der Waals surface area contributed by atoms with Crippen LogP contribution in [0, 0.1) is 0 Å². The molecule has 0 unspecified atom stereocenters. The van der Waals surface area contributed by atoms with E-state index in [0.29, 0.717) is 5.54 Å². The van der Waals surface area contributed by atoms with Crippen LogP contribution < -0.4 is 5.73 Å². The standard InChI is InChI=1S/C12H27N3/c1-4-5-12(2,3)15-10-8-14(7-6-13)9-11-15/h4-11,13H2,1-3H3. The van der Waals surface area contributed by atoms with Gasteiger partial charge < -0.3 is 5.73 Å². The van der Waals surface area contributed by atoms with Crippen molar-refractivity contribution >= 4 is 0 Å². The van der Waals surface area contributed by atoms with Gasteiger partial charge in [-0.25, -0.2) is 0 Å². The smallest absolute Gasteiger partial charge is 0.0154 e. The van der Waals surface area contributed by atoms with Gasteiger partial charge in [-0.15, -0.1) is 0 Å². The van der Waals surface area contributed by atoms with Crippen LogP contribution in [0.25, 0.3) is 0 Å². The Bertz CT molecular complexity index is 172. The molecular formula is C12H27N3. The van der Waals surface area contributed by atoms with Crippen molar-refractivity contribution < 1.29 is 0 Å². The fraction of sp³-hybridized carbons (Fsp3) is 1.00. The summed E-state index contributed by atoms with van der Waals surface area (Å²) in [6.45, 7) is 13.6. The van der Waals surface area contributed by atoms with Gasteiger partial charge in [-0.3, -0.25) is 9.80 Å². The maximum absolute atomic E-state index is 5.57.